The Balaban J connectivity index is 2.90. The summed E-state index contributed by atoms with van der Waals surface area (Å²) < 4.78 is 4.73. The highest BCUT2D eigenvalue weighted by Crippen LogP contribution is 2.01. The lowest BCUT2D eigenvalue weighted by Gasteiger charge is -1.76. The van der Waals surface area contributed by atoms with E-state index in [9.17, 15) is 0 Å². The predicted octanol–water partition coefficient (Wildman–Crippen LogP) is 1.11. The summed E-state index contributed by atoms with van der Waals surface area (Å²) in [5.74, 6) is 0.756. The van der Waals surface area contributed by atoms with Gasteiger partial charge in [0.2, 0.25) is 0 Å². The molecule has 1 aromatic rings. The molecule has 0 aliphatic heterocycles. The van der Waals surface area contributed by atoms with E-state index in [0.29, 0.717) is 5.69 Å². The topological polar surface area (TPSA) is 49.8 Å². The van der Waals surface area contributed by atoms with Crippen molar-refractivity contribution in [3.63, 3.8) is 0 Å². The average molecular weight is 122 g/mol. The van der Waals surface area contributed by atoms with Crippen LogP contribution >= 0.6 is 0 Å². The van der Waals surface area contributed by atoms with E-state index in [1.54, 1.807) is 6.07 Å². The molecule has 1 aromatic heterocycles. The molecule has 1 rings (SSSR count). The summed E-state index contributed by atoms with van der Waals surface area (Å²) in [4.78, 5) is 0. The standard InChI is InChI=1S/C6H6N2O/c1-2-6-3-5(4-7)8-9-6/h3H,2H2,1H3. The van der Waals surface area contributed by atoms with Crippen molar-refractivity contribution in [3.8, 4) is 6.07 Å². The molecule has 0 fully saturated rings. The van der Waals surface area contributed by atoms with Crippen molar-refractivity contribution >= 4 is 0 Å². The van der Waals surface area contributed by atoms with Gasteiger partial charge in [0, 0.05) is 12.5 Å². The van der Waals surface area contributed by atoms with Crippen LogP contribution in [-0.4, -0.2) is 5.16 Å². The van der Waals surface area contributed by atoms with Crippen LogP contribution in [0.15, 0.2) is 10.6 Å². The van der Waals surface area contributed by atoms with E-state index >= 15 is 0 Å². The fourth-order valence-electron chi connectivity index (χ4n) is 0.532. The maximum Gasteiger partial charge on any atom is 0.183 e. The van der Waals surface area contributed by atoms with Gasteiger partial charge in [-0.2, -0.15) is 5.26 Å². The zero-order valence-corrected chi connectivity index (χ0v) is 5.09. The predicted molar refractivity (Wildman–Crippen MR) is 30.6 cm³/mol. The van der Waals surface area contributed by atoms with Crippen LogP contribution in [0.5, 0.6) is 0 Å². The van der Waals surface area contributed by atoms with Crippen LogP contribution in [-0.2, 0) is 6.42 Å². The van der Waals surface area contributed by atoms with E-state index in [1.165, 1.54) is 0 Å². The van der Waals surface area contributed by atoms with Gasteiger partial charge in [-0.15, -0.1) is 0 Å². The van der Waals surface area contributed by atoms with E-state index < -0.39 is 0 Å². The molecule has 0 unspecified atom stereocenters. The maximum absolute atomic E-state index is 8.27. The summed E-state index contributed by atoms with van der Waals surface area (Å²) in [5.41, 5.74) is 0.354. The Morgan fingerprint density at radius 2 is 2.67 bits per heavy atom. The Morgan fingerprint density at radius 3 is 3.00 bits per heavy atom. The fraction of sp³-hybridized carbons (Fsp3) is 0.333. The molecule has 0 aromatic carbocycles. The van der Waals surface area contributed by atoms with Gasteiger partial charge in [-0.1, -0.05) is 12.1 Å². The zero-order chi connectivity index (χ0) is 6.69. The summed E-state index contributed by atoms with van der Waals surface area (Å²) >= 11 is 0. The lowest BCUT2D eigenvalue weighted by atomic mass is 10.3. The minimum Gasteiger partial charge on any atom is -0.360 e. The minimum absolute atomic E-state index is 0.354. The first-order valence-corrected chi connectivity index (χ1v) is 2.72. The highest BCUT2D eigenvalue weighted by molar-refractivity contribution is 5.19. The molecule has 0 amide bonds. The molecule has 0 saturated heterocycles. The van der Waals surface area contributed by atoms with Gasteiger partial charge in [-0.3, -0.25) is 0 Å². The second kappa shape index (κ2) is 2.31. The Hall–Kier alpha value is -1.30. The van der Waals surface area contributed by atoms with Gasteiger partial charge in [0.1, 0.15) is 11.8 Å². The first-order chi connectivity index (χ1) is 4.36. The summed E-state index contributed by atoms with van der Waals surface area (Å²) in [6.07, 6.45) is 0.786. The van der Waals surface area contributed by atoms with Gasteiger partial charge in [0.15, 0.2) is 5.69 Å². The number of aryl methyl sites for hydroxylation is 1. The molecule has 0 N–H and O–H groups in total. The van der Waals surface area contributed by atoms with E-state index in [1.807, 2.05) is 13.0 Å². The SMILES string of the molecule is CCc1cc(C#N)no1. The molecule has 3 nitrogen and oxygen atoms in total. The number of nitrogens with zero attached hydrogens (tertiary/aromatic N) is 2. The van der Waals surface area contributed by atoms with Crippen LogP contribution < -0.4 is 0 Å². The Bertz CT molecular complexity index is 233. The summed E-state index contributed by atoms with van der Waals surface area (Å²) in [5, 5.41) is 11.7. The van der Waals surface area contributed by atoms with Crippen molar-refractivity contribution in [1.82, 2.24) is 5.16 Å². The monoisotopic (exact) mass is 122 g/mol. The normalized spacial score (nSPS) is 8.89. The molecule has 1 heterocycles. The zero-order valence-electron chi connectivity index (χ0n) is 5.09. The Kier molecular flexibility index (Phi) is 1.50. The van der Waals surface area contributed by atoms with E-state index in [0.717, 1.165) is 12.2 Å². The summed E-state index contributed by atoms with van der Waals surface area (Å²) in [6.45, 7) is 1.95. The highest BCUT2D eigenvalue weighted by Gasteiger charge is 1.97. The summed E-state index contributed by atoms with van der Waals surface area (Å²) in [6, 6.07) is 3.52. The van der Waals surface area contributed by atoms with Gasteiger partial charge >= 0.3 is 0 Å². The quantitative estimate of drug-likeness (QED) is 0.560. The van der Waals surface area contributed by atoms with Crippen molar-refractivity contribution < 1.29 is 4.52 Å². The van der Waals surface area contributed by atoms with Crippen LogP contribution in [0.4, 0.5) is 0 Å². The van der Waals surface area contributed by atoms with Gasteiger partial charge in [0.05, 0.1) is 0 Å². The molecule has 0 bridgehead atoms. The molecule has 0 spiro atoms. The molecular formula is C6H6N2O. The van der Waals surface area contributed by atoms with Crippen molar-refractivity contribution in [2.75, 3.05) is 0 Å². The van der Waals surface area contributed by atoms with E-state index in [-0.39, 0.29) is 0 Å². The average Bonchev–Trinajstić information content (AvgIpc) is 2.34. The van der Waals surface area contributed by atoms with Gasteiger partial charge in [-0.05, 0) is 0 Å². The fourth-order valence-corrected chi connectivity index (χ4v) is 0.532. The van der Waals surface area contributed by atoms with Crippen LogP contribution in [0, 0.1) is 11.3 Å². The van der Waals surface area contributed by atoms with Crippen molar-refractivity contribution in [3.05, 3.63) is 17.5 Å². The number of hydrogen-bond acceptors (Lipinski definition) is 3. The van der Waals surface area contributed by atoms with Crippen LogP contribution in [0.1, 0.15) is 18.4 Å². The molecule has 0 saturated carbocycles. The molecule has 0 aliphatic rings. The van der Waals surface area contributed by atoms with Crippen molar-refractivity contribution in [1.29, 1.82) is 5.26 Å². The molecule has 0 atom stereocenters. The number of aromatic nitrogens is 1. The van der Waals surface area contributed by atoms with E-state index in [2.05, 4.69) is 5.16 Å². The van der Waals surface area contributed by atoms with Crippen LogP contribution in [0.25, 0.3) is 0 Å². The van der Waals surface area contributed by atoms with Gasteiger partial charge in [-0.25, -0.2) is 0 Å². The molecule has 46 valence electrons. The number of nitriles is 1. The molecular weight excluding hydrogens is 116 g/mol. The number of hydrogen-bond donors (Lipinski definition) is 0. The molecule has 0 aliphatic carbocycles. The third kappa shape index (κ3) is 1.08. The molecule has 0 radical (unpaired) electrons. The number of rotatable bonds is 1. The lowest BCUT2D eigenvalue weighted by Crippen LogP contribution is -1.68. The van der Waals surface area contributed by atoms with Crippen molar-refractivity contribution in [2.24, 2.45) is 0 Å². The first kappa shape index (κ1) is 5.83. The third-order valence-electron chi connectivity index (χ3n) is 1.02. The second-order valence-corrected chi connectivity index (χ2v) is 1.64. The van der Waals surface area contributed by atoms with E-state index in [4.69, 9.17) is 9.78 Å². The second-order valence-electron chi connectivity index (χ2n) is 1.64. The first-order valence-electron chi connectivity index (χ1n) is 2.72. The van der Waals surface area contributed by atoms with Gasteiger partial charge < -0.3 is 4.52 Å². The van der Waals surface area contributed by atoms with Crippen LogP contribution in [0.3, 0.4) is 0 Å². The lowest BCUT2D eigenvalue weighted by molar-refractivity contribution is 0.385. The minimum atomic E-state index is 0.354. The van der Waals surface area contributed by atoms with Crippen LogP contribution in [0.2, 0.25) is 0 Å². The molecule has 9 heavy (non-hydrogen) atoms. The smallest absolute Gasteiger partial charge is 0.183 e. The van der Waals surface area contributed by atoms with Gasteiger partial charge in [0.25, 0.3) is 0 Å². The summed E-state index contributed by atoms with van der Waals surface area (Å²) in [7, 11) is 0. The third-order valence-corrected chi connectivity index (χ3v) is 1.02. The largest absolute Gasteiger partial charge is 0.360 e. The van der Waals surface area contributed by atoms with Crippen molar-refractivity contribution in [2.45, 2.75) is 13.3 Å². The Labute approximate surface area is 52.9 Å². The maximum atomic E-state index is 8.27. The highest BCUT2D eigenvalue weighted by atomic mass is 16.5. The molecule has 3 heteroatoms. The Morgan fingerprint density at radius 1 is 1.89 bits per heavy atom.